The third-order valence-corrected chi connectivity index (χ3v) is 6.74. The van der Waals surface area contributed by atoms with E-state index >= 15 is 0 Å². The molecule has 0 aliphatic carbocycles. The van der Waals surface area contributed by atoms with Crippen molar-refractivity contribution in [3.8, 4) is 5.75 Å². The Morgan fingerprint density at radius 2 is 1.62 bits per heavy atom. The van der Waals surface area contributed by atoms with Crippen molar-refractivity contribution in [1.82, 2.24) is 10.2 Å². The summed E-state index contributed by atoms with van der Waals surface area (Å²) in [5, 5.41) is 2.95. The van der Waals surface area contributed by atoms with E-state index in [0.29, 0.717) is 12.2 Å². The molecule has 0 bridgehead atoms. The molecule has 0 aromatic heterocycles. The molecule has 0 aliphatic heterocycles. The van der Waals surface area contributed by atoms with E-state index in [9.17, 15) is 18.0 Å². The number of hydrogen-bond donors (Lipinski definition) is 1. The van der Waals surface area contributed by atoms with Crippen molar-refractivity contribution in [3.05, 3.63) is 60.2 Å². The third-order valence-electron chi connectivity index (χ3n) is 5.62. The van der Waals surface area contributed by atoms with Gasteiger partial charge in [0.2, 0.25) is 21.8 Å². The van der Waals surface area contributed by atoms with Crippen LogP contribution in [0.3, 0.4) is 0 Å². The molecule has 0 saturated carbocycles. The van der Waals surface area contributed by atoms with Crippen molar-refractivity contribution in [1.29, 1.82) is 0 Å². The Morgan fingerprint density at radius 3 is 2.18 bits per heavy atom. The van der Waals surface area contributed by atoms with E-state index in [0.717, 1.165) is 22.5 Å². The molecule has 0 saturated heterocycles. The first-order chi connectivity index (χ1) is 16.1. The highest BCUT2D eigenvalue weighted by atomic mass is 32.2. The molecular weight excluding hydrogens is 454 g/mol. The second-order valence-electron chi connectivity index (χ2n) is 8.19. The van der Waals surface area contributed by atoms with E-state index in [1.807, 2.05) is 51.1 Å². The van der Waals surface area contributed by atoms with Gasteiger partial charge in [0, 0.05) is 12.6 Å². The van der Waals surface area contributed by atoms with Gasteiger partial charge in [-0.3, -0.25) is 13.9 Å². The number of anilines is 1. The van der Waals surface area contributed by atoms with E-state index in [-0.39, 0.29) is 24.2 Å². The molecule has 186 valence electrons. The second kappa shape index (κ2) is 12.4. The van der Waals surface area contributed by atoms with Crippen LogP contribution in [-0.2, 0) is 26.2 Å². The number of hydrogen-bond acceptors (Lipinski definition) is 5. The van der Waals surface area contributed by atoms with Crippen LogP contribution in [0.25, 0.3) is 0 Å². The highest BCUT2D eigenvalue weighted by Gasteiger charge is 2.32. The maximum Gasteiger partial charge on any atom is 0.244 e. The molecule has 34 heavy (non-hydrogen) atoms. The third kappa shape index (κ3) is 7.21. The van der Waals surface area contributed by atoms with Crippen LogP contribution >= 0.6 is 0 Å². The van der Waals surface area contributed by atoms with E-state index in [1.165, 1.54) is 12.0 Å². The summed E-state index contributed by atoms with van der Waals surface area (Å²) >= 11 is 0. The zero-order valence-corrected chi connectivity index (χ0v) is 21.3. The Hall–Kier alpha value is -3.07. The lowest BCUT2D eigenvalue weighted by molar-refractivity contribution is -0.140. The van der Waals surface area contributed by atoms with Gasteiger partial charge in [0.05, 0.1) is 19.1 Å². The van der Waals surface area contributed by atoms with E-state index < -0.39 is 28.5 Å². The molecule has 0 unspecified atom stereocenters. The van der Waals surface area contributed by atoms with Gasteiger partial charge in [0.25, 0.3) is 0 Å². The summed E-state index contributed by atoms with van der Waals surface area (Å²) < 4.78 is 31.7. The highest BCUT2D eigenvalue weighted by Crippen LogP contribution is 2.29. The smallest absolute Gasteiger partial charge is 0.244 e. The van der Waals surface area contributed by atoms with E-state index in [2.05, 4.69) is 5.32 Å². The number of benzene rings is 2. The largest absolute Gasteiger partial charge is 0.495 e. The second-order valence-corrected chi connectivity index (χ2v) is 10.1. The Balaban J connectivity index is 2.45. The standard InChI is InChI=1S/C25H35N3O5S/c1-6-19(3)26-25(30)21(7-2)27(17-20-13-9-8-10-14-20)24(29)18-28(34(5,31)32)22-15-11-12-16-23(22)33-4/h8-16,19,21H,6-7,17-18H2,1-5H3,(H,26,30)/t19-,21-/m0/s1. The lowest BCUT2D eigenvalue weighted by Gasteiger charge is -2.33. The normalized spacial score (nSPS) is 13.0. The van der Waals surface area contributed by atoms with Crippen LogP contribution in [0.15, 0.2) is 54.6 Å². The number of para-hydroxylation sites is 2. The van der Waals surface area contributed by atoms with Crippen molar-refractivity contribution < 1.29 is 22.7 Å². The Kier molecular flexibility index (Phi) is 9.92. The molecule has 0 aliphatic rings. The van der Waals surface area contributed by atoms with Crippen molar-refractivity contribution in [2.24, 2.45) is 0 Å². The topological polar surface area (TPSA) is 96.0 Å². The van der Waals surface area contributed by atoms with Gasteiger partial charge in [-0.15, -0.1) is 0 Å². The molecule has 2 atom stereocenters. The van der Waals surface area contributed by atoms with Gasteiger partial charge in [-0.2, -0.15) is 0 Å². The Bertz CT molecular complexity index is 1060. The lowest BCUT2D eigenvalue weighted by Crippen LogP contribution is -2.53. The van der Waals surface area contributed by atoms with Gasteiger partial charge in [-0.25, -0.2) is 8.42 Å². The first-order valence-corrected chi connectivity index (χ1v) is 13.2. The van der Waals surface area contributed by atoms with Gasteiger partial charge < -0.3 is 15.0 Å². The molecule has 0 spiro atoms. The number of nitrogens with one attached hydrogen (secondary N) is 1. The molecule has 0 fully saturated rings. The molecule has 2 aromatic rings. The van der Waals surface area contributed by atoms with Crippen LogP contribution < -0.4 is 14.4 Å². The minimum absolute atomic E-state index is 0.0451. The average molecular weight is 490 g/mol. The van der Waals surface area contributed by atoms with E-state index in [1.54, 1.807) is 24.3 Å². The number of ether oxygens (including phenoxy) is 1. The molecule has 2 amide bonds. The molecule has 0 radical (unpaired) electrons. The van der Waals surface area contributed by atoms with Crippen LogP contribution in [0, 0.1) is 0 Å². The molecule has 1 N–H and O–H groups in total. The number of carbonyl (C=O) groups excluding carboxylic acids is 2. The molecule has 0 heterocycles. The van der Waals surface area contributed by atoms with Crippen molar-refractivity contribution in [3.63, 3.8) is 0 Å². The first kappa shape index (κ1) is 27.2. The predicted octanol–water partition coefficient (Wildman–Crippen LogP) is 3.18. The molecule has 9 heteroatoms. The summed E-state index contributed by atoms with van der Waals surface area (Å²) in [6.07, 6.45) is 2.18. The minimum atomic E-state index is -3.82. The number of sulfonamides is 1. The predicted molar refractivity (Wildman–Crippen MR) is 134 cm³/mol. The summed E-state index contributed by atoms with van der Waals surface area (Å²) in [4.78, 5) is 28.2. The molecule has 2 rings (SSSR count). The average Bonchev–Trinajstić information content (AvgIpc) is 2.82. The number of rotatable bonds is 12. The maximum atomic E-state index is 13.6. The quantitative estimate of drug-likeness (QED) is 0.494. The minimum Gasteiger partial charge on any atom is -0.495 e. The number of amides is 2. The summed E-state index contributed by atoms with van der Waals surface area (Å²) in [6.45, 7) is 5.42. The summed E-state index contributed by atoms with van der Waals surface area (Å²) in [7, 11) is -2.38. The van der Waals surface area contributed by atoms with Crippen molar-refractivity contribution in [2.75, 3.05) is 24.2 Å². The number of methoxy groups -OCH3 is 1. The van der Waals surface area contributed by atoms with E-state index in [4.69, 9.17) is 4.74 Å². The number of carbonyl (C=O) groups is 2. The first-order valence-electron chi connectivity index (χ1n) is 11.4. The fraction of sp³-hybridized carbons (Fsp3) is 0.440. The molecular formula is C25H35N3O5S. The summed E-state index contributed by atoms with van der Waals surface area (Å²) in [6, 6.07) is 15.1. The summed E-state index contributed by atoms with van der Waals surface area (Å²) in [5.41, 5.74) is 1.10. The number of nitrogens with zero attached hydrogens (tertiary/aromatic N) is 2. The summed E-state index contributed by atoms with van der Waals surface area (Å²) in [5.74, 6) is -0.410. The molecule has 8 nitrogen and oxygen atoms in total. The molecule has 2 aromatic carbocycles. The van der Waals surface area contributed by atoms with Crippen LogP contribution in [0.2, 0.25) is 0 Å². The Morgan fingerprint density at radius 1 is 1.00 bits per heavy atom. The van der Waals surface area contributed by atoms with Crippen LogP contribution in [0.5, 0.6) is 5.75 Å². The zero-order valence-electron chi connectivity index (χ0n) is 20.5. The van der Waals surface area contributed by atoms with Gasteiger partial charge >= 0.3 is 0 Å². The van der Waals surface area contributed by atoms with Crippen molar-refractivity contribution >= 4 is 27.5 Å². The van der Waals surface area contributed by atoms with Crippen LogP contribution in [0.4, 0.5) is 5.69 Å². The van der Waals surface area contributed by atoms with Gasteiger partial charge in [-0.1, -0.05) is 56.3 Å². The fourth-order valence-electron chi connectivity index (χ4n) is 3.57. The van der Waals surface area contributed by atoms with Gasteiger partial charge in [-0.05, 0) is 37.5 Å². The SMILES string of the molecule is CC[C@H](C)NC(=O)[C@H](CC)N(Cc1ccccc1)C(=O)CN(c1ccccc1OC)S(C)(=O)=O. The Labute approximate surface area is 202 Å². The lowest BCUT2D eigenvalue weighted by atomic mass is 10.1. The zero-order chi connectivity index (χ0) is 25.3. The van der Waals surface area contributed by atoms with Crippen molar-refractivity contribution in [2.45, 2.75) is 52.2 Å². The fourth-order valence-corrected chi connectivity index (χ4v) is 4.42. The van der Waals surface area contributed by atoms with Gasteiger partial charge in [0.15, 0.2) is 0 Å². The van der Waals surface area contributed by atoms with Gasteiger partial charge in [0.1, 0.15) is 18.3 Å². The van der Waals surface area contributed by atoms with Crippen LogP contribution in [0.1, 0.15) is 39.2 Å². The maximum absolute atomic E-state index is 13.6. The van der Waals surface area contributed by atoms with Crippen LogP contribution in [-0.4, -0.2) is 57.1 Å². The monoisotopic (exact) mass is 489 g/mol. The highest BCUT2D eigenvalue weighted by molar-refractivity contribution is 7.92.